The lowest BCUT2D eigenvalue weighted by Crippen LogP contribution is -2.25. The van der Waals surface area contributed by atoms with Crippen LogP contribution in [-0.2, 0) is 4.79 Å². The number of para-hydroxylation sites is 1. The van der Waals surface area contributed by atoms with Crippen LogP contribution in [0.25, 0.3) is 10.9 Å². The first kappa shape index (κ1) is 17.2. The lowest BCUT2D eigenvalue weighted by molar-refractivity contribution is -0.136. The lowest BCUT2D eigenvalue weighted by atomic mass is 10.1. The summed E-state index contributed by atoms with van der Waals surface area (Å²) in [7, 11) is 3.01. The van der Waals surface area contributed by atoms with E-state index in [0.717, 1.165) is 5.39 Å². The second kappa shape index (κ2) is 8.50. The molecule has 1 heterocycles. The third-order valence-corrected chi connectivity index (χ3v) is 5.44. The quantitative estimate of drug-likeness (QED) is 0.500. The fraction of sp³-hybridized carbons (Fsp3) is 0.267. The van der Waals surface area contributed by atoms with Crippen molar-refractivity contribution >= 4 is 44.4 Å². The van der Waals surface area contributed by atoms with Crippen LogP contribution in [0.4, 0.5) is 0 Å². The monoisotopic (exact) mass is 349 g/mol. The van der Waals surface area contributed by atoms with Crippen LogP contribution in [-0.4, -0.2) is 40.0 Å². The van der Waals surface area contributed by atoms with Gasteiger partial charge in [-0.05, 0) is 6.07 Å². The summed E-state index contributed by atoms with van der Waals surface area (Å²) in [5.41, 5.74) is 1.69. The molecule has 23 heavy (non-hydrogen) atoms. The number of carboxylic acid groups (broad SMARTS) is 1. The van der Waals surface area contributed by atoms with Gasteiger partial charge < -0.3 is 15.4 Å². The van der Waals surface area contributed by atoms with Crippen molar-refractivity contribution in [3.8, 4) is 6.07 Å². The van der Waals surface area contributed by atoms with Gasteiger partial charge in [-0.1, -0.05) is 33.7 Å². The van der Waals surface area contributed by atoms with Gasteiger partial charge in [-0.25, -0.2) is 0 Å². The standard InChI is InChI=1S/C15H15N3O3S2/c16-8-10-2-1-3-11-12(9-18-14(10)11)15(21)17-5-7-23-22-6-4-13(19)20/h1-3,9,18H,4-7H2,(H,17,21)(H,19,20). The number of hydrogen-bond acceptors (Lipinski definition) is 5. The number of aromatic amines is 1. The van der Waals surface area contributed by atoms with Gasteiger partial charge in [0.25, 0.3) is 5.91 Å². The van der Waals surface area contributed by atoms with Crippen LogP contribution in [0.1, 0.15) is 22.3 Å². The molecule has 8 heteroatoms. The zero-order valence-electron chi connectivity index (χ0n) is 12.2. The Morgan fingerprint density at radius 1 is 1.30 bits per heavy atom. The van der Waals surface area contributed by atoms with E-state index in [1.807, 2.05) is 0 Å². The summed E-state index contributed by atoms with van der Waals surface area (Å²) in [6.45, 7) is 0.494. The van der Waals surface area contributed by atoms with Gasteiger partial charge in [0.2, 0.25) is 0 Å². The molecule has 6 nitrogen and oxygen atoms in total. The maximum absolute atomic E-state index is 12.2. The maximum atomic E-state index is 12.2. The zero-order chi connectivity index (χ0) is 16.7. The van der Waals surface area contributed by atoms with Gasteiger partial charge in [-0.3, -0.25) is 9.59 Å². The summed E-state index contributed by atoms with van der Waals surface area (Å²) < 4.78 is 0. The average molecular weight is 349 g/mol. The van der Waals surface area contributed by atoms with E-state index >= 15 is 0 Å². The molecule has 120 valence electrons. The molecule has 0 aliphatic heterocycles. The van der Waals surface area contributed by atoms with Gasteiger partial charge in [0.1, 0.15) is 6.07 Å². The summed E-state index contributed by atoms with van der Waals surface area (Å²) >= 11 is 0. The molecule has 0 unspecified atom stereocenters. The molecule has 0 saturated heterocycles. The molecular formula is C15H15N3O3S2. The van der Waals surface area contributed by atoms with Gasteiger partial charge in [-0.2, -0.15) is 5.26 Å². The van der Waals surface area contributed by atoms with Crippen molar-refractivity contribution in [3.63, 3.8) is 0 Å². The van der Waals surface area contributed by atoms with Crippen LogP contribution in [0.15, 0.2) is 24.4 Å². The van der Waals surface area contributed by atoms with Crippen LogP contribution >= 0.6 is 21.6 Å². The molecule has 0 saturated carbocycles. The summed E-state index contributed by atoms with van der Waals surface area (Å²) in [6.07, 6.45) is 1.75. The predicted molar refractivity (Wildman–Crippen MR) is 92.5 cm³/mol. The fourth-order valence-corrected chi connectivity index (χ4v) is 3.87. The van der Waals surface area contributed by atoms with Crippen molar-refractivity contribution in [2.24, 2.45) is 0 Å². The number of carboxylic acids is 1. The number of nitriles is 1. The summed E-state index contributed by atoms with van der Waals surface area (Å²) in [4.78, 5) is 25.5. The molecule has 1 aromatic heterocycles. The highest BCUT2D eigenvalue weighted by Crippen LogP contribution is 2.22. The highest BCUT2D eigenvalue weighted by Gasteiger charge is 2.13. The van der Waals surface area contributed by atoms with Crippen LogP contribution in [0, 0.1) is 11.3 Å². The Labute approximate surface area is 141 Å². The molecule has 2 rings (SSSR count). The van der Waals surface area contributed by atoms with E-state index in [-0.39, 0.29) is 12.3 Å². The van der Waals surface area contributed by atoms with Crippen molar-refractivity contribution in [1.29, 1.82) is 5.26 Å². The SMILES string of the molecule is N#Cc1cccc2c(C(=O)NCCSSCCC(=O)O)c[nH]c12. The number of aliphatic carboxylic acids is 1. The Hall–Kier alpha value is -2.11. The van der Waals surface area contributed by atoms with E-state index in [9.17, 15) is 9.59 Å². The molecule has 1 aromatic carbocycles. The Kier molecular flexibility index (Phi) is 6.38. The van der Waals surface area contributed by atoms with Gasteiger partial charge in [-0.15, -0.1) is 0 Å². The number of carbonyl (C=O) groups excluding carboxylic acids is 1. The normalized spacial score (nSPS) is 10.4. The minimum atomic E-state index is -0.803. The molecule has 0 fully saturated rings. The molecule has 0 atom stereocenters. The number of H-pyrrole nitrogens is 1. The van der Waals surface area contributed by atoms with Crippen LogP contribution in [0.3, 0.4) is 0 Å². The average Bonchev–Trinajstić information content (AvgIpc) is 2.97. The van der Waals surface area contributed by atoms with E-state index in [2.05, 4.69) is 16.4 Å². The molecule has 0 spiro atoms. The van der Waals surface area contributed by atoms with E-state index in [4.69, 9.17) is 10.4 Å². The Morgan fingerprint density at radius 2 is 2.09 bits per heavy atom. The smallest absolute Gasteiger partial charge is 0.304 e. The number of carbonyl (C=O) groups is 2. The molecule has 3 N–H and O–H groups in total. The minimum Gasteiger partial charge on any atom is -0.481 e. The largest absolute Gasteiger partial charge is 0.481 e. The van der Waals surface area contributed by atoms with Gasteiger partial charge in [0.15, 0.2) is 0 Å². The van der Waals surface area contributed by atoms with Crippen molar-refractivity contribution < 1.29 is 14.7 Å². The van der Waals surface area contributed by atoms with Crippen LogP contribution < -0.4 is 5.32 Å². The molecule has 0 aliphatic rings. The molecular weight excluding hydrogens is 334 g/mol. The first-order valence-electron chi connectivity index (χ1n) is 6.88. The van der Waals surface area contributed by atoms with E-state index in [0.29, 0.717) is 34.7 Å². The lowest BCUT2D eigenvalue weighted by Gasteiger charge is -2.04. The van der Waals surface area contributed by atoms with Crippen LogP contribution in [0.5, 0.6) is 0 Å². The number of nitrogens with one attached hydrogen (secondary N) is 2. The first-order valence-corrected chi connectivity index (χ1v) is 9.37. The number of benzene rings is 1. The van der Waals surface area contributed by atoms with Gasteiger partial charge in [0.05, 0.1) is 23.1 Å². The van der Waals surface area contributed by atoms with E-state index in [1.165, 1.54) is 21.6 Å². The topological polar surface area (TPSA) is 106 Å². The number of amides is 1. The summed E-state index contributed by atoms with van der Waals surface area (Å²) in [6, 6.07) is 7.35. The number of nitrogens with zero attached hydrogens (tertiary/aromatic N) is 1. The van der Waals surface area contributed by atoms with Crippen molar-refractivity contribution in [2.45, 2.75) is 6.42 Å². The Bertz CT molecular complexity index is 752. The summed E-state index contributed by atoms with van der Waals surface area (Å²) in [5, 5.41) is 21.1. The molecule has 0 aliphatic carbocycles. The number of rotatable bonds is 8. The molecule has 0 bridgehead atoms. The minimum absolute atomic E-state index is 0.139. The number of fused-ring (bicyclic) bond motifs is 1. The second-order valence-electron chi connectivity index (χ2n) is 4.59. The zero-order valence-corrected chi connectivity index (χ0v) is 13.8. The third-order valence-electron chi connectivity index (χ3n) is 3.03. The third kappa shape index (κ3) is 4.68. The first-order chi connectivity index (χ1) is 11.1. The second-order valence-corrected chi connectivity index (χ2v) is 7.29. The van der Waals surface area contributed by atoms with Crippen molar-refractivity contribution in [3.05, 3.63) is 35.5 Å². The number of aromatic nitrogens is 1. The van der Waals surface area contributed by atoms with E-state index in [1.54, 1.807) is 24.4 Å². The van der Waals surface area contributed by atoms with E-state index < -0.39 is 5.97 Å². The van der Waals surface area contributed by atoms with Crippen LogP contribution in [0.2, 0.25) is 0 Å². The Morgan fingerprint density at radius 3 is 2.83 bits per heavy atom. The van der Waals surface area contributed by atoms with Crippen molar-refractivity contribution in [1.82, 2.24) is 10.3 Å². The predicted octanol–water partition coefficient (Wildman–Crippen LogP) is 2.63. The molecule has 0 radical (unpaired) electrons. The summed E-state index contributed by atoms with van der Waals surface area (Å²) in [5.74, 6) is 0.250. The maximum Gasteiger partial charge on any atom is 0.304 e. The van der Waals surface area contributed by atoms with Gasteiger partial charge >= 0.3 is 5.97 Å². The molecule has 1 amide bonds. The number of hydrogen-bond donors (Lipinski definition) is 3. The Balaban J connectivity index is 1.83. The van der Waals surface area contributed by atoms with Crippen molar-refractivity contribution in [2.75, 3.05) is 18.1 Å². The highest BCUT2D eigenvalue weighted by molar-refractivity contribution is 8.76. The van der Waals surface area contributed by atoms with Gasteiger partial charge in [0, 0.05) is 29.6 Å². The fourth-order valence-electron chi connectivity index (χ4n) is 1.98. The highest BCUT2D eigenvalue weighted by atomic mass is 33.1. The molecule has 2 aromatic rings.